The highest BCUT2D eigenvalue weighted by Gasteiger charge is 2.29. The zero-order valence-corrected chi connectivity index (χ0v) is 37.7. The van der Waals surface area contributed by atoms with Gasteiger partial charge in [0.25, 0.3) is 0 Å². The van der Waals surface area contributed by atoms with E-state index in [0.717, 1.165) is 0 Å². The van der Waals surface area contributed by atoms with Crippen LogP contribution in [-0.4, -0.2) is 0 Å². The third-order valence-corrected chi connectivity index (χ3v) is 11.6. The van der Waals surface area contributed by atoms with E-state index in [1.165, 1.54) is 66.8 Å². The van der Waals surface area contributed by atoms with E-state index in [1.807, 2.05) is 0 Å². The van der Waals surface area contributed by atoms with Gasteiger partial charge in [0.15, 0.2) is 0 Å². The van der Waals surface area contributed by atoms with Gasteiger partial charge >= 0.3 is 0 Å². The number of fused-ring (bicyclic) bond motifs is 3. The fourth-order valence-corrected chi connectivity index (χ4v) is 8.99. The SMILES string of the molecule is C.C.C.C.CC(C)(C)c1ccc(C(C)(C)C)c2c1CCC2.CC(C)(C)c1ccc(C(C)(C)C)c2c1CCCC2.CC(C)(C)c1ccc(C(C)(C)C)c2ccccc12. The van der Waals surface area contributed by atoms with E-state index in [0.29, 0.717) is 0 Å². The molecule has 4 aromatic carbocycles. The van der Waals surface area contributed by atoms with Gasteiger partial charge in [-0.05, 0) is 144 Å². The molecule has 6 rings (SSSR count). The van der Waals surface area contributed by atoms with Crippen LogP contribution >= 0.6 is 0 Å². The summed E-state index contributed by atoms with van der Waals surface area (Å²) in [6.45, 7) is 41.7. The van der Waals surface area contributed by atoms with Crippen molar-refractivity contribution in [3.05, 3.63) is 116 Å². The Morgan fingerprint density at radius 3 is 0.667 bits per heavy atom. The molecule has 2 aliphatic rings. The van der Waals surface area contributed by atoms with E-state index in [1.54, 1.807) is 44.5 Å². The molecule has 0 fully saturated rings. The van der Waals surface area contributed by atoms with E-state index in [9.17, 15) is 0 Å². The molecule has 322 valence electrons. The second-order valence-electron chi connectivity index (χ2n) is 22.5. The Hall–Kier alpha value is -2.86. The lowest BCUT2D eigenvalue weighted by atomic mass is 9.72. The molecular formula is C57H94. The molecule has 0 amide bonds. The summed E-state index contributed by atoms with van der Waals surface area (Å²) in [5.41, 5.74) is 17.3. The first kappa shape index (κ1) is 54.1. The Morgan fingerprint density at radius 1 is 0.263 bits per heavy atom. The molecule has 2 aliphatic carbocycles. The van der Waals surface area contributed by atoms with Crippen molar-refractivity contribution in [2.75, 3.05) is 0 Å². The smallest absolute Gasteiger partial charge is 0.0126 e. The molecule has 0 heterocycles. The largest absolute Gasteiger partial charge is 0.0776 e. The minimum absolute atomic E-state index is 0. The van der Waals surface area contributed by atoms with Crippen LogP contribution in [0, 0.1) is 0 Å². The highest BCUT2D eigenvalue weighted by molar-refractivity contribution is 5.90. The minimum Gasteiger partial charge on any atom is -0.0776 e. The molecule has 0 bridgehead atoms. The van der Waals surface area contributed by atoms with Crippen LogP contribution in [0.5, 0.6) is 0 Å². The normalized spacial score (nSPS) is 14.1. The third-order valence-electron chi connectivity index (χ3n) is 11.6. The van der Waals surface area contributed by atoms with E-state index in [4.69, 9.17) is 0 Å². The summed E-state index contributed by atoms with van der Waals surface area (Å²) in [5.74, 6) is 0. The van der Waals surface area contributed by atoms with Crippen molar-refractivity contribution in [1.82, 2.24) is 0 Å². The number of hydrogen-bond donors (Lipinski definition) is 0. The average molecular weight is 779 g/mol. The van der Waals surface area contributed by atoms with Crippen LogP contribution in [0.1, 0.15) is 229 Å². The zero-order chi connectivity index (χ0) is 39.9. The lowest BCUT2D eigenvalue weighted by Crippen LogP contribution is -2.23. The minimum atomic E-state index is 0. The van der Waals surface area contributed by atoms with Crippen molar-refractivity contribution in [2.45, 2.75) is 232 Å². The van der Waals surface area contributed by atoms with E-state index < -0.39 is 0 Å². The summed E-state index contributed by atoms with van der Waals surface area (Å²) in [5, 5.41) is 2.80. The molecule has 0 N–H and O–H groups in total. The maximum absolute atomic E-state index is 2.39. The summed E-state index contributed by atoms with van der Waals surface area (Å²) >= 11 is 0. The van der Waals surface area contributed by atoms with Crippen LogP contribution in [0.15, 0.2) is 60.7 Å². The van der Waals surface area contributed by atoms with Gasteiger partial charge in [-0.3, -0.25) is 0 Å². The highest BCUT2D eigenvalue weighted by Crippen LogP contribution is 2.41. The third kappa shape index (κ3) is 12.8. The monoisotopic (exact) mass is 779 g/mol. The van der Waals surface area contributed by atoms with Crippen LogP contribution in [0.3, 0.4) is 0 Å². The molecule has 0 radical (unpaired) electrons. The lowest BCUT2D eigenvalue weighted by molar-refractivity contribution is 0.544. The van der Waals surface area contributed by atoms with Crippen molar-refractivity contribution in [3.8, 4) is 0 Å². The van der Waals surface area contributed by atoms with Gasteiger partial charge in [0, 0.05) is 0 Å². The summed E-state index contributed by atoms with van der Waals surface area (Å²) in [6, 6.07) is 23.0. The van der Waals surface area contributed by atoms with Gasteiger partial charge in [-0.2, -0.15) is 0 Å². The van der Waals surface area contributed by atoms with Gasteiger partial charge in [-0.1, -0.05) is 215 Å². The Morgan fingerprint density at radius 2 is 0.456 bits per heavy atom. The fourth-order valence-electron chi connectivity index (χ4n) is 8.99. The van der Waals surface area contributed by atoms with Gasteiger partial charge < -0.3 is 0 Å². The van der Waals surface area contributed by atoms with Crippen molar-refractivity contribution in [1.29, 1.82) is 0 Å². The first-order valence-corrected chi connectivity index (χ1v) is 21.0. The van der Waals surface area contributed by atoms with E-state index in [2.05, 4.69) is 185 Å². The van der Waals surface area contributed by atoms with Gasteiger partial charge in [-0.25, -0.2) is 0 Å². The number of rotatable bonds is 0. The quantitative estimate of drug-likeness (QED) is 0.167. The van der Waals surface area contributed by atoms with E-state index >= 15 is 0 Å². The summed E-state index contributed by atoms with van der Waals surface area (Å²) < 4.78 is 0. The van der Waals surface area contributed by atoms with Crippen molar-refractivity contribution >= 4 is 10.8 Å². The molecule has 0 nitrogen and oxygen atoms in total. The van der Waals surface area contributed by atoms with E-state index in [-0.39, 0.29) is 62.2 Å². The predicted octanol–water partition coefficient (Wildman–Crippen LogP) is 17.9. The van der Waals surface area contributed by atoms with Crippen LogP contribution in [0.25, 0.3) is 10.8 Å². The van der Waals surface area contributed by atoms with Crippen LogP contribution in [0.4, 0.5) is 0 Å². The first-order valence-electron chi connectivity index (χ1n) is 21.0. The molecule has 0 unspecified atom stereocenters. The van der Waals surface area contributed by atoms with Crippen LogP contribution in [-0.2, 0) is 58.2 Å². The Balaban J connectivity index is 0.000000798. The molecule has 0 aliphatic heterocycles. The van der Waals surface area contributed by atoms with Crippen LogP contribution < -0.4 is 0 Å². The maximum Gasteiger partial charge on any atom is -0.0126 e. The maximum atomic E-state index is 2.39. The fraction of sp³-hybridized carbons (Fsp3) is 0.614. The van der Waals surface area contributed by atoms with Gasteiger partial charge in [-0.15, -0.1) is 0 Å². The topological polar surface area (TPSA) is 0 Å². The number of benzene rings is 4. The predicted molar refractivity (Wildman–Crippen MR) is 265 cm³/mol. The molecule has 0 saturated heterocycles. The molecule has 0 saturated carbocycles. The Kier molecular flexibility index (Phi) is 18.5. The molecule has 0 aromatic heterocycles. The first-order chi connectivity index (χ1) is 24.1. The molecule has 0 heteroatoms. The summed E-state index contributed by atoms with van der Waals surface area (Å²) in [4.78, 5) is 0. The number of hydrogen-bond acceptors (Lipinski definition) is 0. The molecule has 0 atom stereocenters. The second-order valence-corrected chi connectivity index (χ2v) is 22.5. The Labute approximate surface area is 357 Å². The zero-order valence-electron chi connectivity index (χ0n) is 37.7. The average Bonchev–Trinajstić information content (AvgIpc) is 3.51. The molecular weight excluding hydrogens is 685 g/mol. The van der Waals surface area contributed by atoms with Gasteiger partial charge in [0.05, 0.1) is 0 Å². The van der Waals surface area contributed by atoms with Crippen molar-refractivity contribution in [3.63, 3.8) is 0 Å². The van der Waals surface area contributed by atoms with Crippen LogP contribution in [0.2, 0.25) is 0 Å². The highest BCUT2D eigenvalue weighted by atomic mass is 14.3. The molecule has 4 aromatic rings. The van der Waals surface area contributed by atoms with Gasteiger partial charge in [0.1, 0.15) is 0 Å². The second kappa shape index (κ2) is 19.5. The Bertz CT molecular complexity index is 1730. The molecule has 57 heavy (non-hydrogen) atoms. The summed E-state index contributed by atoms with van der Waals surface area (Å²) in [7, 11) is 0. The lowest BCUT2D eigenvalue weighted by Gasteiger charge is -2.33. The van der Waals surface area contributed by atoms with Crippen molar-refractivity contribution in [2.24, 2.45) is 0 Å². The standard InChI is InChI=1S/C18H28.C18H24.C17H26.4CH4/c2*1-17(2,3)15-11-12-16(18(4,5)6)14-10-8-7-9-13(14)15;1-16(2,3)14-10-11-15(17(4,5)6)13-9-7-8-12(13)14;;;;/h11-12H,7-10H2,1-6H3;7-12H,1-6H3;10-11H,7-9H2,1-6H3;4*1H4. The van der Waals surface area contributed by atoms with Gasteiger partial charge in [0.2, 0.25) is 0 Å². The molecule has 0 spiro atoms. The van der Waals surface area contributed by atoms with Crippen molar-refractivity contribution < 1.29 is 0 Å². The summed E-state index contributed by atoms with van der Waals surface area (Å²) in [6.07, 6.45) is 9.20.